The van der Waals surface area contributed by atoms with Crippen LogP contribution in [0.4, 0.5) is 11.4 Å². The number of hydrogen-bond donors (Lipinski definition) is 1. The van der Waals surface area contributed by atoms with Crippen molar-refractivity contribution in [1.82, 2.24) is 0 Å². The minimum atomic E-state index is -1.71. The largest absolute Gasteiger partial charge is 0.400 e. The molecule has 8 heteroatoms. The highest BCUT2D eigenvalue weighted by molar-refractivity contribution is 6.47. The second-order valence-electron chi connectivity index (χ2n) is 6.51. The third-order valence-corrected chi connectivity index (χ3v) is 9.68. The van der Waals surface area contributed by atoms with Gasteiger partial charge >= 0.3 is 18.6 Å². The van der Waals surface area contributed by atoms with E-state index in [1.165, 1.54) is 0 Å². The van der Waals surface area contributed by atoms with Crippen molar-refractivity contribution < 1.29 is 17.7 Å². The fourth-order valence-electron chi connectivity index (χ4n) is 3.31. The average Bonchev–Trinajstić information content (AvgIpc) is 2.67. The molecule has 0 amide bonds. The van der Waals surface area contributed by atoms with E-state index in [4.69, 9.17) is 23.4 Å². The summed E-state index contributed by atoms with van der Waals surface area (Å²) in [6.45, 7) is 6.18. The van der Waals surface area contributed by atoms with Gasteiger partial charge in [-0.2, -0.15) is 0 Å². The summed E-state index contributed by atoms with van der Waals surface area (Å²) >= 11 is 0. The van der Waals surface area contributed by atoms with Crippen LogP contribution in [0.1, 0.15) is 26.7 Å². The number of nitrogen functional groups attached to an aromatic ring is 1. The van der Waals surface area contributed by atoms with Crippen molar-refractivity contribution in [1.29, 1.82) is 0 Å². The number of hydrogen-bond acceptors (Lipinski definition) is 6. The minimum Gasteiger partial charge on any atom is -0.400 e. The number of rotatable bonds is 13. The van der Waals surface area contributed by atoms with Crippen molar-refractivity contribution in [3.05, 3.63) is 24.3 Å². The Balaban J connectivity index is 3.06. The molecule has 1 aromatic carbocycles. The predicted molar refractivity (Wildman–Crippen MR) is 113 cm³/mol. The first-order valence-electron chi connectivity index (χ1n) is 9.26. The van der Waals surface area contributed by atoms with E-state index in [0.717, 1.165) is 37.3 Å². The fraction of sp³-hybridized carbons (Fsp3) is 0.667. The lowest BCUT2D eigenvalue weighted by molar-refractivity contribution is 0.260. The van der Waals surface area contributed by atoms with Crippen LogP contribution in [-0.4, -0.2) is 60.1 Å². The van der Waals surface area contributed by atoms with Crippen LogP contribution in [0.25, 0.3) is 0 Å². The lowest BCUT2D eigenvalue weighted by Gasteiger charge is -2.34. The van der Waals surface area contributed by atoms with Gasteiger partial charge in [-0.25, -0.2) is 0 Å². The number of nitrogens with two attached hydrogens (primary N) is 1. The van der Waals surface area contributed by atoms with Crippen LogP contribution in [-0.2, 0) is 17.7 Å². The van der Waals surface area contributed by atoms with Crippen LogP contribution < -0.4 is 10.6 Å². The summed E-state index contributed by atoms with van der Waals surface area (Å²) in [5.74, 6) is 0. The Kier molecular flexibility index (Phi) is 11.1. The van der Waals surface area contributed by atoms with Crippen molar-refractivity contribution >= 4 is 29.9 Å². The molecule has 0 aliphatic carbocycles. The van der Waals surface area contributed by atoms with E-state index in [9.17, 15) is 0 Å². The maximum atomic E-state index is 5.88. The van der Waals surface area contributed by atoms with Gasteiger partial charge < -0.3 is 28.3 Å². The molecule has 2 atom stereocenters. The van der Waals surface area contributed by atoms with E-state index in [0.29, 0.717) is 11.1 Å². The van der Waals surface area contributed by atoms with Gasteiger partial charge in [0.2, 0.25) is 0 Å². The van der Waals surface area contributed by atoms with Crippen LogP contribution in [0, 0.1) is 0 Å². The fourth-order valence-corrected chi connectivity index (χ4v) is 6.86. The van der Waals surface area contributed by atoms with Crippen LogP contribution in [0.15, 0.2) is 24.3 Å². The molecule has 0 saturated heterocycles. The molecule has 2 unspecified atom stereocenters. The van der Waals surface area contributed by atoms with Crippen LogP contribution in [0.3, 0.4) is 0 Å². The maximum absolute atomic E-state index is 5.88. The Morgan fingerprint density at radius 2 is 1.19 bits per heavy atom. The molecule has 0 aliphatic heterocycles. The lowest BCUT2D eigenvalue weighted by Crippen LogP contribution is -2.41. The minimum absolute atomic E-state index is 0.394. The molecule has 0 aliphatic rings. The van der Waals surface area contributed by atoms with Crippen molar-refractivity contribution in [3.8, 4) is 0 Å². The monoisotopic (exact) mass is 400 g/mol. The highest BCUT2D eigenvalue weighted by atomic mass is 28.3. The van der Waals surface area contributed by atoms with Gasteiger partial charge in [0, 0.05) is 64.0 Å². The summed E-state index contributed by atoms with van der Waals surface area (Å²) < 4.78 is 22.6. The van der Waals surface area contributed by atoms with Crippen LogP contribution in [0.2, 0.25) is 11.1 Å². The van der Waals surface area contributed by atoms with E-state index in [2.05, 4.69) is 30.9 Å². The average molecular weight is 401 g/mol. The summed E-state index contributed by atoms with van der Waals surface area (Å²) in [5.41, 5.74) is 8.60. The van der Waals surface area contributed by atoms with Gasteiger partial charge in [0.05, 0.1) is 0 Å². The van der Waals surface area contributed by atoms with Gasteiger partial charge in [0.1, 0.15) is 0 Å². The number of nitrogens with zero attached hydrogens (tertiary/aromatic N) is 1. The lowest BCUT2D eigenvalue weighted by atomic mass is 10.2. The van der Waals surface area contributed by atoms with Gasteiger partial charge in [-0.3, -0.25) is 0 Å². The Labute approximate surface area is 162 Å². The normalized spacial score (nSPS) is 14.0. The topological polar surface area (TPSA) is 66.2 Å². The molecule has 0 bridgehead atoms. The first-order chi connectivity index (χ1) is 12.5. The van der Waals surface area contributed by atoms with Crippen molar-refractivity contribution in [2.75, 3.05) is 52.2 Å². The highest BCUT2D eigenvalue weighted by Gasteiger charge is 2.29. The molecule has 0 spiro atoms. The second kappa shape index (κ2) is 12.5. The van der Waals surface area contributed by atoms with E-state index in [-0.39, 0.29) is 0 Å². The molecule has 0 fully saturated rings. The molecule has 6 nitrogen and oxygen atoms in total. The molecule has 26 heavy (non-hydrogen) atoms. The molecule has 0 radical (unpaired) electrons. The first kappa shape index (κ1) is 23.1. The van der Waals surface area contributed by atoms with Gasteiger partial charge in [0.15, 0.2) is 0 Å². The molecule has 150 valence electrons. The molecule has 0 heterocycles. The van der Waals surface area contributed by atoms with Crippen molar-refractivity contribution in [3.63, 3.8) is 0 Å². The summed E-state index contributed by atoms with van der Waals surface area (Å²) in [5, 5.41) is 0. The maximum Gasteiger partial charge on any atom is 0.325 e. The molecule has 2 N–H and O–H groups in total. The highest BCUT2D eigenvalue weighted by Crippen LogP contribution is 2.27. The predicted octanol–water partition coefficient (Wildman–Crippen LogP) is 2.66. The standard InChI is InChI=1S/C18H36N2O4Si2/c1-7-17(25(21-3)22-4)13-20(16-11-9-15(19)10-12-16)14-18(8-2)26(23-5)24-6/h9-12,17-18,25-26H,7-8,13-14,19H2,1-6H3. The van der Waals surface area contributed by atoms with Gasteiger partial charge in [-0.1, -0.05) is 13.8 Å². The van der Waals surface area contributed by atoms with Gasteiger partial charge in [0.25, 0.3) is 0 Å². The Morgan fingerprint density at radius 1 is 0.808 bits per heavy atom. The third-order valence-electron chi connectivity index (χ3n) is 4.92. The quantitative estimate of drug-likeness (QED) is 0.406. The molecular formula is C18H36N2O4Si2. The Hall–Kier alpha value is -0.906. The molecule has 0 saturated carbocycles. The smallest absolute Gasteiger partial charge is 0.325 e. The zero-order valence-corrected chi connectivity index (χ0v) is 19.4. The molecule has 1 rings (SSSR count). The number of anilines is 2. The van der Waals surface area contributed by atoms with Crippen molar-refractivity contribution in [2.45, 2.75) is 37.8 Å². The SMILES string of the molecule is CCC(CN(CC(CC)[SiH](OC)OC)c1ccc(N)cc1)[SiH](OC)OC. The summed E-state index contributed by atoms with van der Waals surface area (Å²) in [6, 6.07) is 8.07. The summed E-state index contributed by atoms with van der Waals surface area (Å²) in [7, 11) is 3.60. The molecule has 1 aromatic rings. The number of benzene rings is 1. The summed E-state index contributed by atoms with van der Waals surface area (Å²) in [6.07, 6.45) is 2.05. The van der Waals surface area contributed by atoms with Gasteiger partial charge in [-0.05, 0) is 37.1 Å². The molecular weight excluding hydrogens is 364 g/mol. The van der Waals surface area contributed by atoms with Gasteiger partial charge in [-0.15, -0.1) is 0 Å². The Bertz CT molecular complexity index is 463. The molecule has 0 aromatic heterocycles. The Morgan fingerprint density at radius 3 is 1.50 bits per heavy atom. The third kappa shape index (κ3) is 6.68. The zero-order chi connectivity index (χ0) is 19.5. The summed E-state index contributed by atoms with van der Waals surface area (Å²) in [4.78, 5) is 2.41. The van der Waals surface area contributed by atoms with Crippen LogP contribution >= 0.6 is 0 Å². The second-order valence-corrected chi connectivity index (χ2v) is 11.8. The van der Waals surface area contributed by atoms with E-state index >= 15 is 0 Å². The van der Waals surface area contributed by atoms with Crippen LogP contribution in [0.5, 0.6) is 0 Å². The first-order valence-corrected chi connectivity index (χ1v) is 12.5. The van der Waals surface area contributed by atoms with E-state index < -0.39 is 18.6 Å². The zero-order valence-electron chi connectivity index (χ0n) is 17.1. The van der Waals surface area contributed by atoms with Crippen molar-refractivity contribution in [2.24, 2.45) is 0 Å². The van der Waals surface area contributed by atoms with E-state index in [1.54, 1.807) is 28.4 Å². The van der Waals surface area contributed by atoms with E-state index in [1.807, 2.05) is 12.1 Å².